The predicted molar refractivity (Wildman–Crippen MR) is 98.1 cm³/mol. The van der Waals surface area contributed by atoms with Gasteiger partial charge in [-0.1, -0.05) is 36.4 Å². The first-order valence-corrected chi connectivity index (χ1v) is 8.89. The van der Waals surface area contributed by atoms with Gasteiger partial charge >= 0.3 is 5.97 Å². The van der Waals surface area contributed by atoms with Crippen LogP contribution in [-0.2, 0) is 29.0 Å². The largest absolute Gasteiger partial charge is 0.494 e. The van der Waals surface area contributed by atoms with Crippen LogP contribution in [0.5, 0.6) is 5.75 Å². The third-order valence-corrected chi connectivity index (χ3v) is 4.72. The molecule has 26 heavy (non-hydrogen) atoms. The molecule has 1 unspecified atom stereocenters. The van der Waals surface area contributed by atoms with Crippen LogP contribution in [0.3, 0.4) is 0 Å². The SMILES string of the molecule is CCOc1ccc(CCC(=O)N2Cc3ccccc3CC2C(=O)O)cc1. The molecule has 0 aliphatic carbocycles. The average molecular weight is 353 g/mol. The van der Waals surface area contributed by atoms with Crippen molar-refractivity contribution in [2.24, 2.45) is 0 Å². The maximum atomic E-state index is 12.7. The lowest BCUT2D eigenvalue weighted by Crippen LogP contribution is -2.48. The number of carbonyl (C=O) groups excluding carboxylic acids is 1. The molecule has 1 aliphatic heterocycles. The minimum Gasteiger partial charge on any atom is -0.494 e. The second-order valence-electron chi connectivity index (χ2n) is 6.43. The number of fused-ring (bicyclic) bond motifs is 1. The number of carboxylic acids is 1. The van der Waals surface area contributed by atoms with Crippen LogP contribution in [-0.4, -0.2) is 34.5 Å². The van der Waals surface area contributed by atoms with Crippen LogP contribution in [0.2, 0.25) is 0 Å². The first kappa shape index (κ1) is 18.0. The fourth-order valence-electron chi connectivity index (χ4n) is 3.32. The van der Waals surface area contributed by atoms with Gasteiger partial charge in [0.1, 0.15) is 11.8 Å². The molecule has 1 amide bonds. The lowest BCUT2D eigenvalue weighted by atomic mass is 9.93. The lowest BCUT2D eigenvalue weighted by Gasteiger charge is -2.34. The Bertz CT molecular complexity index is 785. The molecule has 1 aliphatic rings. The highest BCUT2D eigenvalue weighted by atomic mass is 16.5. The number of nitrogens with zero attached hydrogens (tertiary/aromatic N) is 1. The number of aryl methyl sites for hydroxylation is 1. The minimum absolute atomic E-state index is 0.124. The third-order valence-electron chi connectivity index (χ3n) is 4.72. The van der Waals surface area contributed by atoms with Crippen molar-refractivity contribution in [2.75, 3.05) is 6.61 Å². The van der Waals surface area contributed by atoms with E-state index in [4.69, 9.17) is 4.74 Å². The summed E-state index contributed by atoms with van der Waals surface area (Å²) in [6.07, 6.45) is 1.23. The van der Waals surface area contributed by atoms with E-state index in [1.165, 1.54) is 4.90 Å². The zero-order valence-corrected chi connectivity index (χ0v) is 14.9. The van der Waals surface area contributed by atoms with Gasteiger partial charge in [0.25, 0.3) is 0 Å². The molecule has 136 valence electrons. The molecule has 0 spiro atoms. The van der Waals surface area contributed by atoms with E-state index in [0.29, 0.717) is 32.4 Å². The number of amides is 1. The van der Waals surface area contributed by atoms with Gasteiger partial charge in [-0.15, -0.1) is 0 Å². The summed E-state index contributed by atoms with van der Waals surface area (Å²) in [6.45, 7) is 2.91. The highest BCUT2D eigenvalue weighted by molar-refractivity contribution is 5.84. The van der Waals surface area contributed by atoms with Crippen molar-refractivity contribution < 1.29 is 19.4 Å². The van der Waals surface area contributed by atoms with Crippen LogP contribution in [0.4, 0.5) is 0 Å². The lowest BCUT2D eigenvalue weighted by molar-refractivity contribution is -0.151. The number of hydrogen-bond acceptors (Lipinski definition) is 3. The molecule has 0 aromatic heterocycles. The van der Waals surface area contributed by atoms with E-state index in [0.717, 1.165) is 22.4 Å². The summed E-state index contributed by atoms with van der Waals surface area (Å²) in [6, 6.07) is 14.6. The van der Waals surface area contributed by atoms with Gasteiger partial charge in [0.2, 0.25) is 5.91 Å². The molecule has 0 saturated heterocycles. The molecule has 5 nitrogen and oxygen atoms in total. The smallest absolute Gasteiger partial charge is 0.326 e. The van der Waals surface area contributed by atoms with Crippen molar-refractivity contribution in [3.05, 3.63) is 65.2 Å². The Morgan fingerprint density at radius 1 is 1.12 bits per heavy atom. The molecule has 2 aromatic rings. The zero-order valence-electron chi connectivity index (χ0n) is 14.9. The zero-order chi connectivity index (χ0) is 18.5. The molecule has 2 aromatic carbocycles. The molecule has 0 saturated carbocycles. The van der Waals surface area contributed by atoms with Crippen LogP contribution >= 0.6 is 0 Å². The number of aliphatic carboxylic acids is 1. The van der Waals surface area contributed by atoms with E-state index in [1.807, 2.05) is 55.5 Å². The van der Waals surface area contributed by atoms with E-state index >= 15 is 0 Å². The van der Waals surface area contributed by atoms with Crippen LogP contribution in [0, 0.1) is 0 Å². The average Bonchev–Trinajstić information content (AvgIpc) is 2.66. The maximum Gasteiger partial charge on any atom is 0.326 e. The van der Waals surface area contributed by atoms with Crippen molar-refractivity contribution in [2.45, 2.75) is 38.8 Å². The summed E-state index contributed by atoms with van der Waals surface area (Å²) in [5.74, 6) is -0.268. The van der Waals surface area contributed by atoms with Crippen LogP contribution in [0.1, 0.15) is 30.0 Å². The first-order valence-electron chi connectivity index (χ1n) is 8.89. The summed E-state index contributed by atoms with van der Waals surface area (Å²) < 4.78 is 5.41. The quantitative estimate of drug-likeness (QED) is 0.867. The van der Waals surface area contributed by atoms with Gasteiger partial charge in [-0.2, -0.15) is 0 Å². The van der Waals surface area contributed by atoms with Gasteiger partial charge in [-0.3, -0.25) is 4.79 Å². The highest BCUT2D eigenvalue weighted by Gasteiger charge is 2.34. The molecule has 1 heterocycles. The molecular weight excluding hydrogens is 330 g/mol. The molecule has 0 fully saturated rings. The number of rotatable bonds is 6. The van der Waals surface area contributed by atoms with Crippen molar-refractivity contribution in [3.8, 4) is 5.75 Å². The van der Waals surface area contributed by atoms with Crippen molar-refractivity contribution in [3.63, 3.8) is 0 Å². The summed E-state index contributed by atoms with van der Waals surface area (Å²) >= 11 is 0. The summed E-state index contributed by atoms with van der Waals surface area (Å²) in [7, 11) is 0. The van der Waals surface area contributed by atoms with E-state index in [-0.39, 0.29) is 5.91 Å². The van der Waals surface area contributed by atoms with Crippen molar-refractivity contribution in [1.29, 1.82) is 0 Å². The van der Waals surface area contributed by atoms with Gasteiger partial charge in [-0.05, 0) is 42.2 Å². The molecule has 0 bridgehead atoms. The van der Waals surface area contributed by atoms with Crippen LogP contribution < -0.4 is 4.74 Å². The first-order chi connectivity index (χ1) is 12.6. The van der Waals surface area contributed by atoms with Gasteiger partial charge in [0, 0.05) is 19.4 Å². The molecule has 0 radical (unpaired) electrons. The summed E-state index contributed by atoms with van der Waals surface area (Å²) in [5.41, 5.74) is 3.07. The van der Waals surface area contributed by atoms with E-state index < -0.39 is 12.0 Å². The summed E-state index contributed by atoms with van der Waals surface area (Å²) in [5, 5.41) is 9.54. The van der Waals surface area contributed by atoms with E-state index in [1.54, 1.807) is 0 Å². The normalized spacial score (nSPS) is 16.0. The Hall–Kier alpha value is -2.82. The molecular formula is C21H23NO4. The topological polar surface area (TPSA) is 66.8 Å². The van der Waals surface area contributed by atoms with Crippen molar-refractivity contribution in [1.82, 2.24) is 4.90 Å². The summed E-state index contributed by atoms with van der Waals surface area (Å²) in [4.78, 5) is 25.8. The second kappa shape index (κ2) is 8.04. The van der Waals surface area contributed by atoms with E-state index in [2.05, 4.69) is 0 Å². The monoisotopic (exact) mass is 353 g/mol. The van der Waals surface area contributed by atoms with Crippen LogP contribution in [0.25, 0.3) is 0 Å². The molecule has 1 atom stereocenters. The van der Waals surface area contributed by atoms with Gasteiger partial charge in [0.15, 0.2) is 0 Å². The second-order valence-corrected chi connectivity index (χ2v) is 6.43. The van der Waals surface area contributed by atoms with E-state index in [9.17, 15) is 14.7 Å². The highest BCUT2D eigenvalue weighted by Crippen LogP contribution is 2.24. The van der Waals surface area contributed by atoms with Crippen molar-refractivity contribution >= 4 is 11.9 Å². The predicted octanol–water partition coefficient (Wildman–Crippen LogP) is 3.06. The Morgan fingerprint density at radius 2 is 1.81 bits per heavy atom. The Morgan fingerprint density at radius 3 is 2.46 bits per heavy atom. The van der Waals surface area contributed by atoms with Gasteiger partial charge in [0.05, 0.1) is 6.61 Å². The van der Waals surface area contributed by atoms with Gasteiger partial charge in [-0.25, -0.2) is 4.79 Å². The Balaban J connectivity index is 1.66. The molecule has 3 rings (SSSR count). The number of ether oxygens (including phenoxy) is 1. The fraction of sp³-hybridized carbons (Fsp3) is 0.333. The maximum absolute atomic E-state index is 12.7. The third kappa shape index (κ3) is 4.04. The Labute approximate surface area is 153 Å². The molecule has 1 N–H and O–H groups in total. The standard InChI is InChI=1S/C21H23NO4/c1-2-26-18-10-7-15(8-11-18)9-12-20(23)22-14-17-6-4-3-5-16(17)13-19(22)21(24)25/h3-8,10-11,19H,2,9,12-14H2,1H3,(H,24,25). The number of hydrogen-bond donors (Lipinski definition) is 1. The number of carboxylic acid groups (broad SMARTS) is 1. The van der Waals surface area contributed by atoms with Crippen LogP contribution in [0.15, 0.2) is 48.5 Å². The molecule has 5 heteroatoms. The van der Waals surface area contributed by atoms with Gasteiger partial charge < -0.3 is 14.7 Å². The minimum atomic E-state index is -0.950. The Kier molecular flexibility index (Phi) is 5.56. The number of benzene rings is 2. The fourth-order valence-corrected chi connectivity index (χ4v) is 3.32. The number of carbonyl (C=O) groups is 2.